The predicted molar refractivity (Wildman–Crippen MR) is 76.8 cm³/mol. The Morgan fingerprint density at radius 3 is 2.95 bits per heavy atom. The zero-order chi connectivity index (χ0) is 15.4. The Kier molecular flexibility index (Phi) is 4.71. The molecule has 0 spiro atoms. The molecule has 1 unspecified atom stereocenters. The fourth-order valence-corrected chi connectivity index (χ4v) is 2.34. The molecule has 0 saturated carbocycles. The van der Waals surface area contributed by atoms with Gasteiger partial charge < -0.3 is 15.1 Å². The van der Waals surface area contributed by atoms with Gasteiger partial charge in [0.05, 0.1) is 11.0 Å². The van der Waals surface area contributed by atoms with Gasteiger partial charge in [-0.25, -0.2) is 0 Å². The van der Waals surface area contributed by atoms with Crippen molar-refractivity contribution in [3.05, 3.63) is 33.9 Å². The molecule has 21 heavy (non-hydrogen) atoms. The number of amides is 1. The molecule has 1 fully saturated rings. The van der Waals surface area contributed by atoms with Gasteiger partial charge in [-0.2, -0.15) is 0 Å². The van der Waals surface area contributed by atoms with Crippen molar-refractivity contribution in [3.63, 3.8) is 0 Å². The lowest BCUT2D eigenvalue weighted by atomic mass is 10.1. The SMILES string of the molecule is CN(CC1CCCO1)C(=O)c1cc(NN)ccc1[N+](=O)[O-]. The number of nitrogen functional groups attached to an aromatic ring is 1. The minimum Gasteiger partial charge on any atom is -0.376 e. The summed E-state index contributed by atoms with van der Waals surface area (Å²) < 4.78 is 5.47. The highest BCUT2D eigenvalue weighted by Gasteiger charge is 2.26. The van der Waals surface area contributed by atoms with Crippen LogP contribution in [-0.4, -0.2) is 42.0 Å². The highest BCUT2D eigenvalue weighted by atomic mass is 16.6. The lowest BCUT2D eigenvalue weighted by molar-refractivity contribution is -0.385. The van der Waals surface area contributed by atoms with E-state index in [4.69, 9.17) is 10.6 Å². The Hall–Kier alpha value is -2.19. The molecule has 8 nitrogen and oxygen atoms in total. The summed E-state index contributed by atoms with van der Waals surface area (Å²) in [6.45, 7) is 1.11. The van der Waals surface area contributed by atoms with Crippen molar-refractivity contribution in [2.24, 2.45) is 5.84 Å². The van der Waals surface area contributed by atoms with Crippen LogP contribution >= 0.6 is 0 Å². The van der Waals surface area contributed by atoms with Gasteiger partial charge >= 0.3 is 0 Å². The maximum Gasteiger partial charge on any atom is 0.282 e. The highest BCUT2D eigenvalue weighted by molar-refractivity contribution is 5.99. The third kappa shape index (κ3) is 3.47. The van der Waals surface area contributed by atoms with Gasteiger partial charge in [-0.15, -0.1) is 0 Å². The Balaban J connectivity index is 2.21. The smallest absolute Gasteiger partial charge is 0.282 e. The van der Waals surface area contributed by atoms with E-state index >= 15 is 0 Å². The summed E-state index contributed by atoms with van der Waals surface area (Å²) in [5.41, 5.74) is 2.59. The number of hydrogen-bond acceptors (Lipinski definition) is 6. The molecule has 1 aromatic carbocycles. The van der Waals surface area contributed by atoms with E-state index in [1.54, 1.807) is 7.05 Å². The van der Waals surface area contributed by atoms with Gasteiger partial charge in [0.15, 0.2) is 0 Å². The summed E-state index contributed by atoms with van der Waals surface area (Å²) in [5.74, 6) is 4.87. The van der Waals surface area contributed by atoms with Crippen molar-refractivity contribution in [1.29, 1.82) is 0 Å². The minimum absolute atomic E-state index is 0.00572. The lowest BCUT2D eigenvalue weighted by Gasteiger charge is -2.21. The van der Waals surface area contributed by atoms with E-state index in [0.29, 0.717) is 18.8 Å². The van der Waals surface area contributed by atoms with Gasteiger partial charge in [-0.05, 0) is 25.0 Å². The quantitative estimate of drug-likeness (QED) is 0.478. The first-order chi connectivity index (χ1) is 10.0. The number of likely N-dealkylation sites (N-methyl/N-ethyl adjacent to an activating group) is 1. The van der Waals surface area contributed by atoms with E-state index in [1.807, 2.05) is 0 Å². The predicted octanol–water partition coefficient (Wildman–Crippen LogP) is 1.13. The summed E-state index contributed by atoms with van der Waals surface area (Å²) in [5, 5.41) is 11.1. The van der Waals surface area contributed by atoms with Gasteiger partial charge in [0, 0.05) is 32.0 Å². The zero-order valence-corrected chi connectivity index (χ0v) is 11.7. The number of benzene rings is 1. The molecule has 8 heteroatoms. The number of anilines is 1. The number of nitro groups is 1. The normalized spacial score (nSPS) is 17.5. The number of ether oxygens (including phenoxy) is 1. The van der Waals surface area contributed by atoms with Gasteiger partial charge in [0.25, 0.3) is 11.6 Å². The van der Waals surface area contributed by atoms with Crippen LogP contribution in [0.2, 0.25) is 0 Å². The van der Waals surface area contributed by atoms with Crippen LogP contribution in [-0.2, 0) is 4.74 Å². The maximum atomic E-state index is 12.4. The van der Waals surface area contributed by atoms with Crippen molar-refractivity contribution in [1.82, 2.24) is 4.90 Å². The molecule has 1 atom stereocenters. The highest BCUT2D eigenvalue weighted by Crippen LogP contribution is 2.24. The number of hydrazine groups is 1. The van der Waals surface area contributed by atoms with Crippen LogP contribution in [0, 0.1) is 10.1 Å². The minimum atomic E-state index is -0.576. The molecule has 1 aliphatic heterocycles. The summed E-state index contributed by atoms with van der Waals surface area (Å²) in [4.78, 5) is 24.3. The second-order valence-electron chi connectivity index (χ2n) is 4.95. The number of nitrogens with one attached hydrogen (secondary N) is 1. The molecular weight excluding hydrogens is 276 g/mol. The van der Waals surface area contributed by atoms with E-state index in [-0.39, 0.29) is 17.4 Å². The molecule has 0 aromatic heterocycles. The first kappa shape index (κ1) is 15.2. The maximum absolute atomic E-state index is 12.4. The molecule has 2 rings (SSSR count). The molecule has 1 amide bonds. The molecule has 3 N–H and O–H groups in total. The number of rotatable bonds is 5. The summed E-state index contributed by atoms with van der Waals surface area (Å²) >= 11 is 0. The van der Waals surface area contributed by atoms with Crippen LogP contribution in [0.15, 0.2) is 18.2 Å². The first-order valence-corrected chi connectivity index (χ1v) is 6.65. The number of carbonyl (C=O) groups is 1. The Labute approximate surface area is 122 Å². The van der Waals surface area contributed by atoms with E-state index in [2.05, 4.69) is 5.43 Å². The van der Waals surface area contributed by atoms with Crippen LogP contribution in [0.4, 0.5) is 11.4 Å². The molecule has 0 radical (unpaired) electrons. The number of nitrogens with two attached hydrogens (primary N) is 1. The summed E-state index contributed by atoms with van der Waals surface area (Å²) in [6, 6.07) is 4.10. The van der Waals surface area contributed by atoms with Crippen LogP contribution in [0.3, 0.4) is 0 Å². The Bertz CT molecular complexity index is 543. The third-order valence-electron chi connectivity index (χ3n) is 3.44. The summed E-state index contributed by atoms with van der Waals surface area (Å²) in [6.07, 6.45) is 1.86. The molecule has 114 valence electrons. The van der Waals surface area contributed by atoms with Gasteiger partial charge in [0.2, 0.25) is 0 Å². The monoisotopic (exact) mass is 294 g/mol. The standard InChI is InChI=1S/C13H18N4O4/c1-16(8-10-3-2-6-21-10)13(18)11-7-9(15-14)4-5-12(11)17(19)20/h4-5,7,10,15H,2-3,6,8,14H2,1H3. The largest absolute Gasteiger partial charge is 0.376 e. The molecule has 1 aromatic rings. The third-order valence-corrected chi connectivity index (χ3v) is 3.44. The molecule has 1 aliphatic rings. The van der Waals surface area contributed by atoms with E-state index in [9.17, 15) is 14.9 Å². The van der Waals surface area contributed by atoms with Gasteiger partial charge in [0.1, 0.15) is 5.56 Å². The van der Waals surface area contributed by atoms with Crippen LogP contribution in [0.1, 0.15) is 23.2 Å². The van der Waals surface area contributed by atoms with E-state index in [0.717, 1.165) is 12.8 Å². The first-order valence-electron chi connectivity index (χ1n) is 6.65. The van der Waals surface area contributed by atoms with Gasteiger partial charge in [-0.1, -0.05) is 0 Å². The average molecular weight is 294 g/mol. The number of carbonyl (C=O) groups excluding carboxylic acids is 1. The molecule has 1 heterocycles. The number of nitrogens with zero attached hydrogens (tertiary/aromatic N) is 2. The topological polar surface area (TPSA) is 111 Å². The van der Waals surface area contributed by atoms with Crippen molar-refractivity contribution < 1.29 is 14.5 Å². The summed E-state index contributed by atoms with van der Waals surface area (Å²) in [7, 11) is 1.61. The fourth-order valence-electron chi connectivity index (χ4n) is 2.34. The van der Waals surface area contributed by atoms with Crippen molar-refractivity contribution in [2.75, 3.05) is 25.6 Å². The van der Waals surface area contributed by atoms with Gasteiger partial charge in [-0.3, -0.25) is 20.8 Å². The molecule has 1 saturated heterocycles. The molecule has 0 aliphatic carbocycles. The number of nitro benzene ring substituents is 1. The van der Waals surface area contributed by atoms with Crippen LogP contribution in [0.25, 0.3) is 0 Å². The van der Waals surface area contributed by atoms with Crippen LogP contribution < -0.4 is 11.3 Å². The second-order valence-corrected chi connectivity index (χ2v) is 4.95. The van der Waals surface area contributed by atoms with Crippen LogP contribution in [0.5, 0.6) is 0 Å². The zero-order valence-electron chi connectivity index (χ0n) is 11.7. The van der Waals surface area contributed by atoms with E-state index < -0.39 is 10.8 Å². The van der Waals surface area contributed by atoms with Crippen molar-refractivity contribution in [3.8, 4) is 0 Å². The Morgan fingerprint density at radius 2 is 2.38 bits per heavy atom. The van der Waals surface area contributed by atoms with Crippen molar-refractivity contribution in [2.45, 2.75) is 18.9 Å². The van der Waals surface area contributed by atoms with E-state index in [1.165, 1.54) is 23.1 Å². The fraction of sp³-hybridized carbons (Fsp3) is 0.462. The number of hydrogen-bond donors (Lipinski definition) is 2. The lowest BCUT2D eigenvalue weighted by Crippen LogP contribution is -2.34. The molecule has 0 bridgehead atoms. The molecular formula is C13H18N4O4. The van der Waals surface area contributed by atoms with Crippen molar-refractivity contribution >= 4 is 17.3 Å². The Morgan fingerprint density at radius 1 is 1.62 bits per heavy atom. The second kappa shape index (κ2) is 6.51. The average Bonchev–Trinajstić information content (AvgIpc) is 2.98.